The van der Waals surface area contributed by atoms with Crippen molar-refractivity contribution in [3.63, 3.8) is 0 Å². The minimum Gasteiger partial charge on any atom is -0.314 e. The summed E-state index contributed by atoms with van der Waals surface area (Å²) in [7, 11) is 0. The molecule has 0 aliphatic carbocycles. The molecule has 1 nitrogen and oxygen atoms in total. The van der Waals surface area contributed by atoms with Gasteiger partial charge in [0.05, 0.1) is 0 Å². The van der Waals surface area contributed by atoms with Crippen molar-refractivity contribution in [2.45, 2.75) is 31.7 Å². The highest BCUT2D eigenvalue weighted by atomic mass is 35.5. The summed E-state index contributed by atoms with van der Waals surface area (Å²) in [5.41, 5.74) is 1.37. The molecule has 2 rings (SSSR count). The summed E-state index contributed by atoms with van der Waals surface area (Å²) in [4.78, 5) is 0. The molecule has 1 aliphatic heterocycles. The van der Waals surface area contributed by atoms with Crippen LogP contribution >= 0.6 is 11.6 Å². The van der Waals surface area contributed by atoms with E-state index < -0.39 is 0 Å². The van der Waals surface area contributed by atoms with E-state index in [-0.39, 0.29) is 0 Å². The molecule has 0 aromatic heterocycles. The lowest BCUT2D eigenvalue weighted by atomic mass is 9.89. The molecule has 1 N–H and O–H groups in total. The van der Waals surface area contributed by atoms with E-state index >= 15 is 0 Å². The van der Waals surface area contributed by atoms with Crippen molar-refractivity contribution < 1.29 is 0 Å². The highest BCUT2D eigenvalue weighted by Crippen LogP contribution is 2.26. The van der Waals surface area contributed by atoms with Crippen LogP contribution in [0, 0.1) is 0 Å². The van der Waals surface area contributed by atoms with E-state index in [1.165, 1.54) is 18.4 Å². The largest absolute Gasteiger partial charge is 0.314 e. The molecule has 0 saturated carbocycles. The van der Waals surface area contributed by atoms with Crippen molar-refractivity contribution >= 4 is 11.6 Å². The summed E-state index contributed by atoms with van der Waals surface area (Å²) < 4.78 is 0. The molecule has 2 atom stereocenters. The maximum atomic E-state index is 5.97. The van der Waals surface area contributed by atoms with Crippen LogP contribution in [-0.4, -0.2) is 12.6 Å². The molecule has 1 saturated heterocycles. The van der Waals surface area contributed by atoms with E-state index in [2.05, 4.69) is 24.4 Å². The molecule has 1 aromatic carbocycles. The van der Waals surface area contributed by atoms with Gasteiger partial charge in [-0.1, -0.05) is 23.7 Å². The van der Waals surface area contributed by atoms with Gasteiger partial charge in [0.25, 0.3) is 0 Å². The average molecular weight is 210 g/mol. The van der Waals surface area contributed by atoms with Crippen LogP contribution in [0.25, 0.3) is 0 Å². The second kappa shape index (κ2) is 4.33. The molecule has 1 aliphatic rings. The lowest BCUT2D eigenvalue weighted by Crippen LogP contribution is -2.35. The van der Waals surface area contributed by atoms with Crippen LogP contribution in [0.15, 0.2) is 24.3 Å². The third-order valence-electron chi connectivity index (χ3n) is 2.98. The van der Waals surface area contributed by atoms with Gasteiger partial charge >= 0.3 is 0 Å². The Balaban J connectivity index is 2.08. The van der Waals surface area contributed by atoms with E-state index in [0.29, 0.717) is 12.0 Å². The van der Waals surface area contributed by atoms with Gasteiger partial charge < -0.3 is 5.32 Å². The highest BCUT2D eigenvalue weighted by Gasteiger charge is 2.18. The second-order valence-electron chi connectivity index (χ2n) is 4.14. The van der Waals surface area contributed by atoms with Crippen molar-refractivity contribution in [1.29, 1.82) is 0 Å². The zero-order chi connectivity index (χ0) is 9.97. The molecule has 0 spiro atoms. The molecule has 0 amide bonds. The molecule has 0 radical (unpaired) electrons. The number of halogens is 1. The Morgan fingerprint density at radius 3 is 2.86 bits per heavy atom. The van der Waals surface area contributed by atoms with Gasteiger partial charge in [0.2, 0.25) is 0 Å². The Kier molecular flexibility index (Phi) is 3.09. The van der Waals surface area contributed by atoms with Gasteiger partial charge in [-0.3, -0.25) is 0 Å². The standard InChI is InChI=1S/C12H16ClN/c1-9-5-6-11(8-14-9)10-3-2-4-12(13)7-10/h2-4,7,9,11,14H,5-6,8H2,1H3. The minimum atomic E-state index is 0.643. The summed E-state index contributed by atoms with van der Waals surface area (Å²) in [6.45, 7) is 3.33. The molecular formula is C12H16ClN. The predicted octanol–water partition coefficient (Wildman–Crippen LogP) is 3.20. The number of piperidine rings is 1. The topological polar surface area (TPSA) is 12.0 Å². The first-order valence-corrected chi connectivity index (χ1v) is 5.62. The van der Waals surface area contributed by atoms with E-state index in [9.17, 15) is 0 Å². The first kappa shape index (κ1) is 10.0. The summed E-state index contributed by atoms with van der Waals surface area (Å²) in [6, 6.07) is 8.91. The van der Waals surface area contributed by atoms with Gasteiger partial charge in [0, 0.05) is 17.6 Å². The van der Waals surface area contributed by atoms with E-state index in [1.54, 1.807) is 0 Å². The van der Waals surface area contributed by atoms with Crippen molar-refractivity contribution in [2.24, 2.45) is 0 Å². The van der Waals surface area contributed by atoms with Crippen molar-refractivity contribution in [3.05, 3.63) is 34.9 Å². The maximum Gasteiger partial charge on any atom is 0.0408 e. The Bertz CT molecular complexity index is 303. The zero-order valence-electron chi connectivity index (χ0n) is 8.46. The third kappa shape index (κ3) is 2.28. The summed E-state index contributed by atoms with van der Waals surface area (Å²) in [6.07, 6.45) is 2.53. The molecule has 2 unspecified atom stereocenters. The number of benzene rings is 1. The van der Waals surface area contributed by atoms with Crippen molar-refractivity contribution in [2.75, 3.05) is 6.54 Å². The van der Waals surface area contributed by atoms with Crippen LogP contribution in [0.1, 0.15) is 31.2 Å². The number of hydrogen-bond donors (Lipinski definition) is 1. The van der Waals surface area contributed by atoms with Crippen LogP contribution in [0.5, 0.6) is 0 Å². The number of hydrogen-bond acceptors (Lipinski definition) is 1. The van der Waals surface area contributed by atoms with Crippen LogP contribution < -0.4 is 5.32 Å². The van der Waals surface area contributed by atoms with Crippen LogP contribution in [0.3, 0.4) is 0 Å². The van der Waals surface area contributed by atoms with Gasteiger partial charge in [0.1, 0.15) is 0 Å². The highest BCUT2D eigenvalue weighted by molar-refractivity contribution is 6.30. The average Bonchev–Trinajstić information content (AvgIpc) is 2.19. The molecule has 0 bridgehead atoms. The molecule has 14 heavy (non-hydrogen) atoms. The van der Waals surface area contributed by atoms with E-state index in [4.69, 9.17) is 11.6 Å². The molecule has 1 heterocycles. The van der Waals surface area contributed by atoms with E-state index in [1.807, 2.05) is 12.1 Å². The van der Waals surface area contributed by atoms with Crippen molar-refractivity contribution in [3.8, 4) is 0 Å². The van der Waals surface area contributed by atoms with Crippen molar-refractivity contribution in [1.82, 2.24) is 5.32 Å². The summed E-state index contributed by atoms with van der Waals surface area (Å²) >= 11 is 5.97. The Morgan fingerprint density at radius 2 is 2.21 bits per heavy atom. The Labute approximate surface area is 90.5 Å². The lowest BCUT2D eigenvalue weighted by Gasteiger charge is -2.27. The van der Waals surface area contributed by atoms with Gasteiger partial charge in [-0.25, -0.2) is 0 Å². The monoisotopic (exact) mass is 209 g/mol. The van der Waals surface area contributed by atoms with Crippen LogP contribution in [0.4, 0.5) is 0 Å². The first-order chi connectivity index (χ1) is 6.75. The lowest BCUT2D eigenvalue weighted by molar-refractivity contribution is 0.385. The smallest absolute Gasteiger partial charge is 0.0408 e. The Morgan fingerprint density at radius 1 is 1.36 bits per heavy atom. The van der Waals surface area contributed by atoms with Crippen LogP contribution in [0.2, 0.25) is 5.02 Å². The Hall–Kier alpha value is -0.530. The number of rotatable bonds is 1. The molecular weight excluding hydrogens is 194 g/mol. The van der Waals surface area contributed by atoms with Gasteiger partial charge in [-0.15, -0.1) is 0 Å². The zero-order valence-corrected chi connectivity index (χ0v) is 9.22. The molecule has 1 aromatic rings. The fraction of sp³-hybridized carbons (Fsp3) is 0.500. The van der Waals surface area contributed by atoms with Gasteiger partial charge in [-0.2, -0.15) is 0 Å². The SMILES string of the molecule is CC1CCC(c2cccc(Cl)c2)CN1. The quantitative estimate of drug-likeness (QED) is 0.749. The normalized spacial score (nSPS) is 27.6. The summed E-state index contributed by atoms with van der Waals surface area (Å²) in [5.74, 6) is 0.643. The maximum absolute atomic E-state index is 5.97. The van der Waals surface area contributed by atoms with Crippen LogP contribution in [-0.2, 0) is 0 Å². The summed E-state index contributed by atoms with van der Waals surface area (Å²) in [5, 5.41) is 4.36. The fourth-order valence-electron chi connectivity index (χ4n) is 2.04. The number of nitrogens with one attached hydrogen (secondary N) is 1. The molecule has 1 fully saturated rings. The fourth-order valence-corrected chi connectivity index (χ4v) is 2.24. The third-order valence-corrected chi connectivity index (χ3v) is 3.22. The predicted molar refractivity (Wildman–Crippen MR) is 60.9 cm³/mol. The second-order valence-corrected chi connectivity index (χ2v) is 4.58. The van der Waals surface area contributed by atoms with Gasteiger partial charge in [0.15, 0.2) is 0 Å². The van der Waals surface area contributed by atoms with E-state index in [0.717, 1.165) is 11.6 Å². The minimum absolute atomic E-state index is 0.643. The molecule has 2 heteroatoms. The van der Waals surface area contributed by atoms with Gasteiger partial charge in [-0.05, 0) is 43.4 Å². The first-order valence-electron chi connectivity index (χ1n) is 5.24. The molecule has 76 valence electrons.